The monoisotopic (exact) mass is 211 g/mol. The van der Waals surface area contributed by atoms with Crippen molar-refractivity contribution >= 4 is 0 Å². The molecule has 0 aliphatic carbocycles. The third kappa shape index (κ3) is 1.59. The van der Waals surface area contributed by atoms with Crippen molar-refractivity contribution in [1.82, 2.24) is 0 Å². The van der Waals surface area contributed by atoms with Gasteiger partial charge in [0.15, 0.2) is 0 Å². The van der Waals surface area contributed by atoms with Crippen molar-refractivity contribution in [2.75, 3.05) is 4.43 Å². The first kappa shape index (κ1) is 5.86. The van der Waals surface area contributed by atoms with Crippen molar-refractivity contribution in [2.24, 2.45) is 5.92 Å². The second kappa shape index (κ2) is 2.33. The Kier molecular flexibility index (Phi) is 1.95. The summed E-state index contributed by atoms with van der Waals surface area (Å²) in [4.78, 5) is 0. The van der Waals surface area contributed by atoms with Crippen LogP contribution in [0.1, 0.15) is 20.3 Å². The van der Waals surface area contributed by atoms with Crippen LogP contribution >= 0.6 is 0 Å². The summed E-state index contributed by atoms with van der Waals surface area (Å²) in [7, 11) is 0. The van der Waals surface area contributed by atoms with Gasteiger partial charge >= 0.3 is 55.7 Å². The SMILES string of the molecule is C[C@H]1C[I-][C@@H](C)C1. The molecule has 0 aromatic carbocycles. The Morgan fingerprint density at radius 3 is 2.29 bits per heavy atom. The molecule has 7 heavy (non-hydrogen) atoms. The van der Waals surface area contributed by atoms with Crippen LogP contribution < -0.4 is 21.2 Å². The Morgan fingerprint density at radius 1 is 1.43 bits per heavy atom. The minimum absolute atomic E-state index is 0.639. The van der Waals surface area contributed by atoms with Crippen LogP contribution in [0.5, 0.6) is 0 Å². The van der Waals surface area contributed by atoms with Gasteiger partial charge in [0, 0.05) is 0 Å². The predicted octanol–water partition coefficient (Wildman–Crippen LogP) is -1.50. The van der Waals surface area contributed by atoms with Crippen LogP contribution in [0.25, 0.3) is 0 Å². The third-order valence-corrected chi connectivity index (χ3v) is 5.37. The zero-order chi connectivity index (χ0) is 5.28. The van der Waals surface area contributed by atoms with Crippen molar-refractivity contribution in [3.8, 4) is 0 Å². The van der Waals surface area contributed by atoms with E-state index in [2.05, 4.69) is 13.8 Å². The molecule has 0 amide bonds. The standard InChI is InChI=1S/C6H12I/c1-5-3-6(2)7-4-5/h5-6H,3-4H2,1-2H3/q-1/t5-,6+/m1/s1. The Bertz CT molecular complexity index is 53.2. The van der Waals surface area contributed by atoms with Gasteiger partial charge < -0.3 is 0 Å². The Hall–Kier alpha value is 0.730. The van der Waals surface area contributed by atoms with E-state index in [4.69, 9.17) is 0 Å². The van der Waals surface area contributed by atoms with Gasteiger partial charge in [-0.05, 0) is 0 Å². The van der Waals surface area contributed by atoms with Crippen molar-refractivity contribution in [3.05, 3.63) is 0 Å². The van der Waals surface area contributed by atoms with Crippen LogP contribution in [0.2, 0.25) is 0 Å². The van der Waals surface area contributed by atoms with Gasteiger partial charge in [-0.2, -0.15) is 0 Å². The van der Waals surface area contributed by atoms with E-state index in [1.807, 2.05) is 0 Å². The van der Waals surface area contributed by atoms with E-state index in [1.54, 1.807) is 4.43 Å². The van der Waals surface area contributed by atoms with Gasteiger partial charge in [0.2, 0.25) is 0 Å². The third-order valence-electron chi connectivity index (χ3n) is 1.34. The molecule has 1 aliphatic rings. The number of halogens is 1. The van der Waals surface area contributed by atoms with Gasteiger partial charge in [-0.1, -0.05) is 0 Å². The predicted molar refractivity (Wildman–Crippen MR) is 28.1 cm³/mol. The van der Waals surface area contributed by atoms with Gasteiger partial charge in [0.25, 0.3) is 0 Å². The Morgan fingerprint density at radius 2 is 2.14 bits per heavy atom. The first-order valence-corrected chi connectivity index (χ1v) is 5.64. The summed E-state index contributed by atoms with van der Waals surface area (Å²) in [5.41, 5.74) is 0. The average molecular weight is 211 g/mol. The fourth-order valence-corrected chi connectivity index (χ4v) is 4.31. The topological polar surface area (TPSA) is 0 Å². The maximum absolute atomic E-state index is 2.40. The summed E-state index contributed by atoms with van der Waals surface area (Å²) in [6, 6.07) is 0. The van der Waals surface area contributed by atoms with Gasteiger partial charge in [-0.25, -0.2) is 0 Å². The molecule has 0 N–H and O–H groups in total. The second-order valence-electron chi connectivity index (χ2n) is 2.43. The Balaban J connectivity index is 2.26. The fraction of sp³-hybridized carbons (Fsp3) is 1.00. The van der Waals surface area contributed by atoms with Crippen molar-refractivity contribution in [1.29, 1.82) is 0 Å². The molecular weight excluding hydrogens is 199 g/mol. The number of hydrogen-bond acceptors (Lipinski definition) is 0. The van der Waals surface area contributed by atoms with E-state index >= 15 is 0 Å². The minimum atomic E-state index is 0.639. The van der Waals surface area contributed by atoms with E-state index in [-0.39, 0.29) is 0 Å². The number of hydrogen-bond donors (Lipinski definition) is 0. The second-order valence-corrected chi connectivity index (χ2v) is 6.32. The average Bonchev–Trinajstić information content (AvgIpc) is 1.87. The quantitative estimate of drug-likeness (QED) is 0.338. The van der Waals surface area contributed by atoms with E-state index in [1.165, 1.54) is 6.42 Å². The molecular formula is C6H12I-. The zero-order valence-corrected chi connectivity index (χ0v) is 7.10. The molecule has 0 aromatic heterocycles. The molecule has 2 atom stereocenters. The molecule has 44 valence electrons. The van der Waals surface area contributed by atoms with Crippen LogP contribution in [-0.4, -0.2) is 8.35 Å². The van der Waals surface area contributed by atoms with Crippen LogP contribution in [0.15, 0.2) is 0 Å². The van der Waals surface area contributed by atoms with Crippen LogP contribution in [-0.2, 0) is 0 Å². The van der Waals surface area contributed by atoms with E-state index in [0.29, 0.717) is 21.2 Å². The van der Waals surface area contributed by atoms with Gasteiger partial charge in [0.1, 0.15) is 0 Å². The van der Waals surface area contributed by atoms with Crippen LogP contribution in [0.4, 0.5) is 0 Å². The van der Waals surface area contributed by atoms with Gasteiger partial charge in [-0.15, -0.1) is 0 Å². The molecule has 0 saturated carbocycles. The molecule has 0 radical (unpaired) electrons. The van der Waals surface area contributed by atoms with Crippen LogP contribution in [0.3, 0.4) is 0 Å². The van der Waals surface area contributed by atoms with Gasteiger partial charge in [-0.3, -0.25) is 0 Å². The van der Waals surface area contributed by atoms with E-state index in [0.717, 1.165) is 9.84 Å². The summed E-state index contributed by atoms with van der Waals surface area (Å²) in [5, 5.41) is 0. The molecule has 1 heteroatoms. The maximum atomic E-state index is 2.40. The molecule has 0 nitrogen and oxygen atoms in total. The molecule has 1 rings (SSSR count). The first-order valence-electron chi connectivity index (χ1n) is 2.86. The summed E-state index contributed by atoms with van der Waals surface area (Å²) >= 11 is 0.639. The summed E-state index contributed by atoms with van der Waals surface area (Å²) in [5.74, 6) is 1.07. The number of alkyl halides is 2. The molecule has 0 aromatic rings. The zero-order valence-electron chi connectivity index (χ0n) is 4.95. The number of rotatable bonds is 0. The molecule has 0 spiro atoms. The van der Waals surface area contributed by atoms with Crippen LogP contribution in [0, 0.1) is 5.92 Å². The normalized spacial score (nSPS) is 43.1. The van der Waals surface area contributed by atoms with E-state index in [9.17, 15) is 0 Å². The fourth-order valence-electron chi connectivity index (χ4n) is 0.985. The molecule has 1 saturated heterocycles. The summed E-state index contributed by atoms with van der Waals surface area (Å²) in [6.45, 7) is 4.78. The van der Waals surface area contributed by atoms with Crippen molar-refractivity contribution in [3.63, 3.8) is 0 Å². The molecule has 1 fully saturated rings. The molecule has 1 aliphatic heterocycles. The molecule has 1 heterocycles. The molecule has 0 unspecified atom stereocenters. The molecule has 0 bridgehead atoms. The van der Waals surface area contributed by atoms with E-state index < -0.39 is 0 Å². The Labute approximate surface area is 55.9 Å². The van der Waals surface area contributed by atoms with Crippen molar-refractivity contribution < 1.29 is 21.2 Å². The van der Waals surface area contributed by atoms with Gasteiger partial charge in [0.05, 0.1) is 0 Å². The van der Waals surface area contributed by atoms with Crippen molar-refractivity contribution in [2.45, 2.75) is 24.2 Å². The summed E-state index contributed by atoms with van der Waals surface area (Å²) in [6.07, 6.45) is 1.52. The summed E-state index contributed by atoms with van der Waals surface area (Å²) < 4.78 is 2.72. The first-order chi connectivity index (χ1) is 3.29.